The lowest BCUT2D eigenvalue weighted by atomic mass is 10.2. The van der Waals surface area contributed by atoms with Gasteiger partial charge in [-0.15, -0.1) is 0 Å². The number of thiocarbonyl (C=S) groups is 1. The van der Waals surface area contributed by atoms with E-state index in [1.54, 1.807) is 13.3 Å². The highest BCUT2D eigenvalue weighted by atomic mass is 32.1. The number of rotatable bonds is 5. The molecule has 2 N–H and O–H groups in total. The Labute approximate surface area is 113 Å². The van der Waals surface area contributed by atoms with Gasteiger partial charge < -0.3 is 10.1 Å². The van der Waals surface area contributed by atoms with E-state index in [2.05, 4.69) is 29.7 Å². The number of hydrogen-bond acceptors (Lipinski definition) is 3. The SMILES string of the molecule is COc1ccc(CNC(=S)N/N=C/C(C)C)cc1. The van der Waals surface area contributed by atoms with E-state index in [0.29, 0.717) is 17.6 Å². The molecule has 0 radical (unpaired) electrons. The number of methoxy groups -OCH3 is 1. The van der Waals surface area contributed by atoms with E-state index in [9.17, 15) is 0 Å². The molecule has 5 heteroatoms. The molecular formula is C13H19N3OS. The second-order valence-corrected chi connectivity index (χ2v) is 4.57. The lowest BCUT2D eigenvalue weighted by molar-refractivity contribution is 0.414. The zero-order chi connectivity index (χ0) is 13.4. The molecule has 0 fully saturated rings. The maximum Gasteiger partial charge on any atom is 0.187 e. The molecule has 0 saturated carbocycles. The van der Waals surface area contributed by atoms with Gasteiger partial charge in [-0.1, -0.05) is 26.0 Å². The zero-order valence-electron chi connectivity index (χ0n) is 10.9. The van der Waals surface area contributed by atoms with Crippen LogP contribution in [-0.2, 0) is 6.54 Å². The maximum absolute atomic E-state index is 5.09. The molecular weight excluding hydrogens is 246 g/mol. The van der Waals surface area contributed by atoms with Gasteiger partial charge in [-0.05, 0) is 35.8 Å². The van der Waals surface area contributed by atoms with E-state index in [1.807, 2.05) is 24.3 Å². The van der Waals surface area contributed by atoms with Crippen LogP contribution >= 0.6 is 12.2 Å². The number of ether oxygens (including phenoxy) is 1. The summed E-state index contributed by atoms with van der Waals surface area (Å²) in [5, 5.41) is 7.60. The summed E-state index contributed by atoms with van der Waals surface area (Å²) in [6.45, 7) is 4.77. The summed E-state index contributed by atoms with van der Waals surface area (Å²) in [7, 11) is 1.65. The molecule has 0 heterocycles. The molecule has 1 aromatic rings. The van der Waals surface area contributed by atoms with Gasteiger partial charge in [-0.2, -0.15) is 5.10 Å². The van der Waals surface area contributed by atoms with E-state index < -0.39 is 0 Å². The average molecular weight is 265 g/mol. The molecule has 4 nitrogen and oxygen atoms in total. The molecule has 0 unspecified atom stereocenters. The summed E-state index contributed by atoms with van der Waals surface area (Å²) in [6, 6.07) is 7.83. The molecule has 98 valence electrons. The van der Waals surface area contributed by atoms with Crippen molar-refractivity contribution in [2.24, 2.45) is 11.0 Å². The topological polar surface area (TPSA) is 45.6 Å². The Morgan fingerprint density at radius 3 is 2.61 bits per heavy atom. The highest BCUT2D eigenvalue weighted by Crippen LogP contribution is 2.10. The molecule has 0 aliphatic heterocycles. The molecule has 0 spiro atoms. The van der Waals surface area contributed by atoms with Crippen molar-refractivity contribution in [2.75, 3.05) is 7.11 Å². The normalized spacial score (nSPS) is 10.7. The van der Waals surface area contributed by atoms with Crippen LogP contribution in [0.25, 0.3) is 0 Å². The van der Waals surface area contributed by atoms with Crippen molar-refractivity contribution in [2.45, 2.75) is 20.4 Å². The summed E-state index contributed by atoms with van der Waals surface area (Å²) in [6.07, 6.45) is 1.81. The third-order valence-electron chi connectivity index (χ3n) is 2.15. The second kappa shape index (κ2) is 7.66. The Balaban J connectivity index is 2.33. The quantitative estimate of drug-likeness (QED) is 0.487. The van der Waals surface area contributed by atoms with Gasteiger partial charge in [0.1, 0.15) is 5.75 Å². The van der Waals surface area contributed by atoms with Gasteiger partial charge in [0.2, 0.25) is 0 Å². The van der Waals surface area contributed by atoms with Crippen LogP contribution in [0.3, 0.4) is 0 Å². The Morgan fingerprint density at radius 1 is 1.39 bits per heavy atom. The summed E-state index contributed by atoms with van der Waals surface area (Å²) in [4.78, 5) is 0. The number of hydrazone groups is 1. The first-order valence-electron chi connectivity index (χ1n) is 5.81. The van der Waals surface area contributed by atoms with Crippen molar-refractivity contribution in [3.8, 4) is 5.75 Å². The van der Waals surface area contributed by atoms with Crippen LogP contribution in [0.2, 0.25) is 0 Å². The van der Waals surface area contributed by atoms with Crippen molar-refractivity contribution in [3.05, 3.63) is 29.8 Å². The number of hydrogen-bond donors (Lipinski definition) is 2. The minimum absolute atomic E-state index is 0.405. The van der Waals surface area contributed by atoms with Crippen LogP contribution in [0.1, 0.15) is 19.4 Å². The highest BCUT2D eigenvalue weighted by Gasteiger charge is 1.96. The molecule has 0 saturated heterocycles. The molecule has 1 rings (SSSR count). The third kappa shape index (κ3) is 5.63. The summed E-state index contributed by atoms with van der Waals surface area (Å²) >= 11 is 5.09. The molecule has 0 bridgehead atoms. The van der Waals surface area contributed by atoms with Gasteiger partial charge >= 0.3 is 0 Å². The minimum atomic E-state index is 0.405. The van der Waals surface area contributed by atoms with Gasteiger partial charge in [0, 0.05) is 12.8 Å². The van der Waals surface area contributed by atoms with Crippen LogP contribution in [0.5, 0.6) is 5.75 Å². The maximum atomic E-state index is 5.09. The minimum Gasteiger partial charge on any atom is -0.497 e. The number of nitrogens with zero attached hydrogens (tertiary/aromatic N) is 1. The standard InChI is InChI=1S/C13H19N3OS/c1-10(2)8-15-16-13(18)14-9-11-4-6-12(17-3)7-5-11/h4-8,10H,9H2,1-3H3,(H2,14,16,18)/b15-8+. The lowest BCUT2D eigenvalue weighted by Gasteiger charge is -2.07. The highest BCUT2D eigenvalue weighted by molar-refractivity contribution is 7.80. The van der Waals surface area contributed by atoms with Crippen molar-refractivity contribution in [1.29, 1.82) is 0 Å². The number of benzene rings is 1. The van der Waals surface area contributed by atoms with Crippen LogP contribution in [0.4, 0.5) is 0 Å². The van der Waals surface area contributed by atoms with Crippen LogP contribution in [0, 0.1) is 5.92 Å². The van der Waals surface area contributed by atoms with E-state index in [-0.39, 0.29) is 0 Å². The first-order valence-corrected chi connectivity index (χ1v) is 6.22. The summed E-state index contributed by atoms with van der Waals surface area (Å²) < 4.78 is 5.09. The number of nitrogens with one attached hydrogen (secondary N) is 2. The second-order valence-electron chi connectivity index (χ2n) is 4.16. The van der Waals surface area contributed by atoms with Gasteiger partial charge in [0.15, 0.2) is 5.11 Å². The molecule has 0 atom stereocenters. The Kier molecular flexibility index (Phi) is 6.14. The summed E-state index contributed by atoms with van der Waals surface area (Å²) in [5.74, 6) is 1.25. The largest absolute Gasteiger partial charge is 0.497 e. The van der Waals surface area contributed by atoms with E-state index in [0.717, 1.165) is 11.3 Å². The van der Waals surface area contributed by atoms with Crippen LogP contribution in [-0.4, -0.2) is 18.4 Å². The van der Waals surface area contributed by atoms with Crippen molar-refractivity contribution in [3.63, 3.8) is 0 Å². The van der Waals surface area contributed by atoms with Gasteiger partial charge in [0.05, 0.1) is 7.11 Å². The van der Waals surface area contributed by atoms with Gasteiger partial charge in [-0.25, -0.2) is 0 Å². The van der Waals surface area contributed by atoms with E-state index >= 15 is 0 Å². The molecule has 18 heavy (non-hydrogen) atoms. The average Bonchev–Trinajstić information content (AvgIpc) is 2.36. The lowest BCUT2D eigenvalue weighted by Crippen LogP contribution is -2.31. The Hall–Kier alpha value is -1.62. The van der Waals surface area contributed by atoms with Crippen molar-refractivity contribution >= 4 is 23.5 Å². The molecule has 0 aliphatic carbocycles. The summed E-state index contributed by atoms with van der Waals surface area (Å²) in [5.41, 5.74) is 3.90. The molecule has 0 amide bonds. The van der Waals surface area contributed by atoms with Crippen molar-refractivity contribution in [1.82, 2.24) is 10.7 Å². The van der Waals surface area contributed by atoms with Crippen LogP contribution in [0.15, 0.2) is 29.4 Å². The fourth-order valence-electron chi connectivity index (χ4n) is 1.21. The molecule has 0 aliphatic rings. The smallest absolute Gasteiger partial charge is 0.187 e. The van der Waals surface area contributed by atoms with E-state index in [1.165, 1.54) is 0 Å². The first-order chi connectivity index (χ1) is 8.61. The fraction of sp³-hybridized carbons (Fsp3) is 0.385. The molecule has 1 aromatic carbocycles. The van der Waals surface area contributed by atoms with E-state index in [4.69, 9.17) is 17.0 Å². The molecule has 0 aromatic heterocycles. The predicted molar refractivity (Wildman–Crippen MR) is 78.9 cm³/mol. The van der Waals surface area contributed by atoms with Gasteiger partial charge in [-0.3, -0.25) is 5.43 Å². The van der Waals surface area contributed by atoms with Crippen molar-refractivity contribution < 1.29 is 4.74 Å². The predicted octanol–water partition coefficient (Wildman–Crippen LogP) is 2.30. The zero-order valence-corrected chi connectivity index (χ0v) is 11.8. The Morgan fingerprint density at radius 2 is 2.06 bits per heavy atom. The van der Waals surface area contributed by atoms with Gasteiger partial charge in [0.25, 0.3) is 0 Å². The monoisotopic (exact) mass is 265 g/mol. The van der Waals surface area contributed by atoms with Crippen LogP contribution < -0.4 is 15.5 Å². The third-order valence-corrected chi connectivity index (χ3v) is 2.39. The fourth-order valence-corrected chi connectivity index (χ4v) is 1.34. The first kappa shape index (κ1) is 14.4. The Bertz CT molecular complexity index is 401.